The number of hydrogen-bond donors (Lipinski definition) is 1. The van der Waals surface area contributed by atoms with Gasteiger partial charge in [0.1, 0.15) is 0 Å². The molecule has 0 aromatic heterocycles. The van der Waals surface area contributed by atoms with Crippen molar-refractivity contribution < 1.29 is 14.5 Å². The molecule has 0 spiro atoms. The van der Waals surface area contributed by atoms with Gasteiger partial charge in [-0.1, -0.05) is 12.1 Å². The van der Waals surface area contributed by atoms with Crippen molar-refractivity contribution in [3.8, 4) is 0 Å². The number of nitrogens with zero attached hydrogens (tertiary/aromatic N) is 2. The van der Waals surface area contributed by atoms with Crippen LogP contribution < -0.4 is 5.32 Å². The van der Waals surface area contributed by atoms with E-state index >= 15 is 0 Å². The van der Waals surface area contributed by atoms with E-state index in [1.54, 1.807) is 24.3 Å². The second-order valence-corrected chi connectivity index (χ2v) is 6.29. The molecular weight excluding hydrogens is 346 g/mol. The first kappa shape index (κ1) is 18.3. The fourth-order valence-corrected chi connectivity index (χ4v) is 2.90. The normalized spacial score (nSPS) is 13.9. The molecule has 0 atom stereocenters. The number of non-ortho nitro benzene ring substituents is 1. The van der Waals surface area contributed by atoms with E-state index in [1.165, 1.54) is 18.2 Å². The molecule has 0 radical (unpaired) electrons. The molecule has 7 heteroatoms. The van der Waals surface area contributed by atoms with Crippen molar-refractivity contribution in [1.82, 2.24) is 4.90 Å². The average Bonchev–Trinajstić information content (AvgIpc) is 3.05. The lowest BCUT2D eigenvalue weighted by molar-refractivity contribution is -0.384. The molecule has 0 aliphatic carbocycles. The number of hydrogen-bond acceptors (Lipinski definition) is 4. The first-order valence-corrected chi connectivity index (χ1v) is 8.61. The van der Waals surface area contributed by atoms with Crippen LogP contribution in [0.2, 0.25) is 0 Å². The van der Waals surface area contributed by atoms with Crippen LogP contribution in [0.5, 0.6) is 0 Å². The van der Waals surface area contributed by atoms with Crippen LogP contribution in [0.15, 0.2) is 54.6 Å². The van der Waals surface area contributed by atoms with Gasteiger partial charge < -0.3 is 10.2 Å². The van der Waals surface area contributed by atoms with Crippen molar-refractivity contribution >= 4 is 29.3 Å². The van der Waals surface area contributed by atoms with E-state index in [-0.39, 0.29) is 17.5 Å². The number of anilines is 1. The van der Waals surface area contributed by atoms with E-state index in [1.807, 2.05) is 23.1 Å². The molecule has 0 saturated carbocycles. The van der Waals surface area contributed by atoms with Gasteiger partial charge in [0.15, 0.2) is 0 Å². The van der Waals surface area contributed by atoms with Crippen molar-refractivity contribution in [1.29, 1.82) is 0 Å². The van der Waals surface area contributed by atoms with Crippen LogP contribution in [-0.4, -0.2) is 28.2 Å². The zero-order valence-electron chi connectivity index (χ0n) is 14.6. The summed E-state index contributed by atoms with van der Waals surface area (Å²) in [7, 11) is 0. The van der Waals surface area contributed by atoms with E-state index in [0.717, 1.165) is 18.5 Å². The summed E-state index contributed by atoms with van der Waals surface area (Å²) in [6, 6.07) is 13.3. The number of nitrogens with one attached hydrogen (secondary N) is 1. The predicted octanol–water partition coefficient (Wildman–Crippen LogP) is 3.37. The van der Waals surface area contributed by atoms with Crippen molar-refractivity contribution in [2.75, 3.05) is 11.9 Å². The second-order valence-electron chi connectivity index (χ2n) is 6.29. The third-order valence-electron chi connectivity index (χ3n) is 4.27. The molecule has 2 aromatic carbocycles. The molecule has 1 saturated heterocycles. The van der Waals surface area contributed by atoms with Gasteiger partial charge in [-0.05, 0) is 47.9 Å². The minimum absolute atomic E-state index is 0.00454. The van der Waals surface area contributed by atoms with Crippen molar-refractivity contribution in [3.05, 3.63) is 75.8 Å². The predicted molar refractivity (Wildman–Crippen MR) is 102 cm³/mol. The van der Waals surface area contributed by atoms with Crippen LogP contribution in [0.1, 0.15) is 24.0 Å². The molecular formula is C20H19N3O4. The van der Waals surface area contributed by atoms with Crippen molar-refractivity contribution in [2.45, 2.75) is 19.4 Å². The summed E-state index contributed by atoms with van der Waals surface area (Å²) in [6.45, 7) is 1.31. The van der Waals surface area contributed by atoms with Gasteiger partial charge in [0.25, 0.3) is 5.69 Å². The molecule has 27 heavy (non-hydrogen) atoms. The summed E-state index contributed by atoms with van der Waals surface area (Å²) < 4.78 is 0. The van der Waals surface area contributed by atoms with Gasteiger partial charge in [0, 0.05) is 43.4 Å². The Morgan fingerprint density at radius 3 is 2.67 bits per heavy atom. The highest BCUT2D eigenvalue weighted by atomic mass is 16.6. The van der Waals surface area contributed by atoms with Crippen LogP contribution in [0.3, 0.4) is 0 Å². The Morgan fingerprint density at radius 2 is 2.00 bits per heavy atom. The molecule has 138 valence electrons. The zero-order chi connectivity index (χ0) is 19.2. The van der Waals surface area contributed by atoms with Gasteiger partial charge in [0.2, 0.25) is 11.8 Å². The second kappa shape index (κ2) is 8.27. The van der Waals surface area contributed by atoms with E-state index in [2.05, 4.69) is 5.32 Å². The van der Waals surface area contributed by atoms with E-state index in [9.17, 15) is 19.7 Å². The van der Waals surface area contributed by atoms with E-state index < -0.39 is 4.92 Å². The molecule has 0 unspecified atom stereocenters. The van der Waals surface area contributed by atoms with Crippen LogP contribution in [0, 0.1) is 10.1 Å². The Bertz CT molecular complexity index is 890. The lowest BCUT2D eigenvalue weighted by Gasteiger charge is -2.16. The summed E-state index contributed by atoms with van der Waals surface area (Å²) in [4.78, 5) is 35.8. The summed E-state index contributed by atoms with van der Waals surface area (Å²) in [5.41, 5.74) is 2.31. The molecule has 7 nitrogen and oxygen atoms in total. The molecule has 0 bridgehead atoms. The first-order chi connectivity index (χ1) is 13.0. The van der Waals surface area contributed by atoms with Gasteiger partial charge >= 0.3 is 0 Å². The SMILES string of the molecule is O=C(/C=C/c1ccc([N+](=O)[O-])cc1)Nc1cccc(CN2CCCC2=O)c1. The number of carbonyl (C=O) groups excluding carboxylic acids is 2. The van der Waals surface area contributed by atoms with Gasteiger partial charge in [-0.3, -0.25) is 19.7 Å². The molecule has 2 amide bonds. The Balaban J connectivity index is 1.59. The number of rotatable bonds is 6. The van der Waals surface area contributed by atoms with Gasteiger partial charge in [-0.15, -0.1) is 0 Å². The highest BCUT2D eigenvalue weighted by Gasteiger charge is 2.19. The van der Waals surface area contributed by atoms with Crippen LogP contribution in [0.25, 0.3) is 6.08 Å². The Labute approximate surface area is 156 Å². The van der Waals surface area contributed by atoms with Gasteiger partial charge in [-0.2, -0.15) is 0 Å². The summed E-state index contributed by atoms with van der Waals surface area (Å²) in [5, 5.41) is 13.4. The monoisotopic (exact) mass is 365 g/mol. The quantitative estimate of drug-likeness (QED) is 0.482. The highest BCUT2D eigenvalue weighted by molar-refractivity contribution is 6.01. The molecule has 1 heterocycles. The van der Waals surface area contributed by atoms with Crippen LogP contribution in [0.4, 0.5) is 11.4 Å². The average molecular weight is 365 g/mol. The minimum Gasteiger partial charge on any atom is -0.338 e. The summed E-state index contributed by atoms with van der Waals surface area (Å²) in [6.07, 6.45) is 4.45. The lowest BCUT2D eigenvalue weighted by atomic mass is 10.1. The molecule has 1 aliphatic rings. The highest BCUT2D eigenvalue weighted by Crippen LogP contribution is 2.17. The fourth-order valence-electron chi connectivity index (χ4n) is 2.90. The smallest absolute Gasteiger partial charge is 0.269 e. The zero-order valence-corrected chi connectivity index (χ0v) is 14.6. The maximum Gasteiger partial charge on any atom is 0.269 e. The Morgan fingerprint density at radius 1 is 1.22 bits per heavy atom. The number of benzene rings is 2. The molecule has 3 rings (SSSR count). The van der Waals surface area contributed by atoms with Crippen LogP contribution in [-0.2, 0) is 16.1 Å². The summed E-state index contributed by atoms with van der Waals surface area (Å²) >= 11 is 0. The third kappa shape index (κ3) is 5.01. The largest absolute Gasteiger partial charge is 0.338 e. The molecule has 2 aromatic rings. The number of likely N-dealkylation sites (tertiary alicyclic amines) is 1. The third-order valence-corrected chi connectivity index (χ3v) is 4.27. The minimum atomic E-state index is -0.469. The number of amides is 2. The summed E-state index contributed by atoms with van der Waals surface area (Å²) in [5.74, 6) is -0.141. The van der Waals surface area contributed by atoms with E-state index in [0.29, 0.717) is 24.2 Å². The van der Waals surface area contributed by atoms with Gasteiger partial charge in [-0.25, -0.2) is 0 Å². The Hall–Kier alpha value is -3.48. The Kier molecular flexibility index (Phi) is 5.61. The number of nitro benzene ring substituents is 1. The topological polar surface area (TPSA) is 92.5 Å². The first-order valence-electron chi connectivity index (χ1n) is 8.61. The lowest BCUT2D eigenvalue weighted by Crippen LogP contribution is -2.23. The van der Waals surface area contributed by atoms with E-state index in [4.69, 9.17) is 0 Å². The van der Waals surface area contributed by atoms with Gasteiger partial charge in [0.05, 0.1) is 4.92 Å². The van der Waals surface area contributed by atoms with Crippen molar-refractivity contribution in [3.63, 3.8) is 0 Å². The van der Waals surface area contributed by atoms with Crippen LogP contribution >= 0.6 is 0 Å². The standard InChI is InChI=1S/C20H19N3O4/c24-19(11-8-15-6-9-18(10-7-15)23(26)27)21-17-4-1-3-16(13-17)14-22-12-2-5-20(22)25/h1,3-4,6-11,13H,2,5,12,14H2,(H,21,24)/b11-8+. The fraction of sp³-hybridized carbons (Fsp3) is 0.200. The number of carbonyl (C=O) groups is 2. The molecule has 1 N–H and O–H groups in total. The number of nitro groups is 1. The van der Waals surface area contributed by atoms with Crippen molar-refractivity contribution in [2.24, 2.45) is 0 Å². The molecule has 1 fully saturated rings. The molecule has 1 aliphatic heterocycles. The maximum absolute atomic E-state index is 12.1. The maximum atomic E-state index is 12.1.